The Morgan fingerprint density at radius 2 is 1.71 bits per heavy atom. The number of fused-ring (bicyclic) bond motifs is 1. The molecule has 9 heteroatoms. The van der Waals surface area contributed by atoms with Gasteiger partial charge in [0.1, 0.15) is 11.6 Å². The van der Waals surface area contributed by atoms with Gasteiger partial charge in [-0.3, -0.25) is 14.2 Å². The molecule has 0 aliphatic carbocycles. The van der Waals surface area contributed by atoms with Gasteiger partial charge in [-0.05, 0) is 61.5 Å². The highest BCUT2D eigenvalue weighted by Gasteiger charge is 2.15. The van der Waals surface area contributed by atoms with Gasteiger partial charge in [0.05, 0.1) is 23.1 Å². The number of esters is 1. The van der Waals surface area contributed by atoms with E-state index in [1.807, 2.05) is 41.8 Å². The van der Waals surface area contributed by atoms with Crippen molar-refractivity contribution in [2.24, 2.45) is 0 Å². The number of amides is 2. The molecule has 0 radical (unpaired) electrons. The number of halogens is 1. The van der Waals surface area contributed by atoms with E-state index in [-0.39, 0.29) is 12.1 Å². The molecule has 172 valence electrons. The third kappa shape index (κ3) is 5.26. The number of benzene rings is 3. The lowest BCUT2D eigenvalue weighted by molar-refractivity contribution is -0.126. The summed E-state index contributed by atoms with van der Waals surface area (Å²) < 4.78 is 19.9. The van der Waals surface area contributed by atoms with Crippen LogP contribution in [0.15, 0.2) is 72.8 Å². The summed E-state index contributed by atoms with van der Waals surface area (Å²) in [6, 6.07) is 19.9. The smallest absolute Gasteiger partial charge is 0.338 e. The fourth-order valence-corrected chi connectivity index (χ4v) is 3.41. The highest BCUT2D eigenvalue weighted by molar-refractivity contribution is 5.97. The Bertz CT molecular complexity index is 1350. The van der Waals surface area contributed by atoms with E-state index in [0.717, 1.165) is 17.0 Å². The van der Waals surface area contributed by atoms with Crippen molar-refractivity contribution in [2.75, 3.05) is 18.5 Å². The van der Waals surface area contributed by atoms with E-state index in [9.17, 15) is 18.8 Å². The van der Waals surface area contributed by atoms with Crippen LogP contribution in [0.1, 0.15) is 16.2 Å². The monoisotopic (exact) mass is 460 g/mol. The van der Waals surface area contributed by atoms with E-state index >= 15 is 0 Å². The molecule has 2 N–H and O–H groups in total. The molecule has 0 saturated heterocycles. The molecule has 8 nitrogen and oxygen atoms in total. The quantitative estimate of drug-likeness (QED) is 0.412. The topological polar surface area (TPSA) is 102 Å². The number of nitrogens with one attached hydrogen (secondary N) is 2. The van der Waals surface area contributed by atoms with Crippen molar-refractivity contribution >= 4 is 34.5 Å². The van der Waals surface area contributed by atoms with Crippen LogP contribution in [0.2, 0.25) is 0 Å². The van der Waals surface area contributed by atoms with Crippen LogP contribution in [0, 0.1) is 12.7 Å². The summed E-state index contributed by atoms with van der Waals surface area (Å²) >= 11 is 0. The normalized spacial score (nSPS) is 10.6. The van der Waals surface area contributed by atoms with Crippen LogP contribution in [0.25, 0.3) is 16.7 Å². The maximum absolute atomic E-state index is 12.9. The summed E-state index contributed by atoms with van der Waals surface area (Å²) in [5.74, 6) is -1.47. The molecule has 0 fully saturated rings. The number of hydrogen-bond donors (Lipinski definition) is 2. The highest BCUT2D eigenvalue weighted by atomic mass is 19.1. The van der Waals surface area contributed by atoms with Gasteiger partial charge in [0.2, 0.25) is 5.91 Å². The number of carbonyl (C=O) groups is 3. The second kappa shape index (κ2) is 9.95. The van der Waals surface area contributed by atoms with E-state index in [2.05, 4.69) is 15.6 Å². The van der Waals surface area contributed by atoms with Crippen LogP contribution in [0.3, 0.4) is 0 Å². The zero-order chi connectivity index (χ0) is 24.1. The van der Waals surface area contributed by atoms with Crippen LogP contribution in [0.5, 0.6) is 0 Å². The largest absolute Gasteiger partial charge is 0.452 e. The van der Waals surface area contributed by atoms with Crippen molar-refractivity contribution in [3.05, 3.63) is 90.0 Å². The lowest BCUT2D eigenvalue weighted by Gasteiger charge is -2.08. The maximum atomic E-state index is 12.9. The van der Waals surface area contributed by atoms with Gasteiger partial charge in [-0.15, -0.1) is 0 Å². The van der Waals surface area contributed by atoms with Gasteiger partial charge in [0, 0.05) is 11.4 Å². The minimum atomic E-state index is -0.681. The summed E-state index contributed by atoms with van der Waals surface area (Å²) in [6.45, 7) is 1.01. The highest BCUT2D eigenvalue weighted by Crippen LogP contribution is 2.22. The van der Waals surface area contributed by atoms with Gasteiger partial charge in [-0.2, -0.15) is 0 Å². The molecule has 0 aliphatic rings. The van der Waals surface area contributed by atoms with Gasteiger partial charge in [-0.25, -0.2) is 14.2 Å². The average Bonchev–Trinajstić information content (AvgIpc) is 3.18. The third-order valence-electron chi connectivity index (χ3n) is 4.98. The van der Waals surface area contributed by atoms with Gasteiger partial charge in [0.15, 0.2) is 6.61 Å². The molecule has 0 unspecified atom stereocenters. The van der Waals surface area contributed by atoms with Gasteiger partial charge in [0.25, 0.3) is 5.91 Å². The summed E-state index contributed by atoms with van der Waals surface area (Å²) in [7, 11) is 0. The first kappa shape index (κ1) is 22.7. The molecule has 0 atom stereocenters. The van der Waals surface area contributed by atoms with Crippen LogP contribution >= 0.6 is 0 Å². The Hall–Kier alpha value is -4.53. The van der Waals surface area contributed by atoms with E-state index in [1.54, 1.807) is 18.2 Å². The molecule has 4 rings (SSSR count). The first-order valence-corrected chi connectivity index (χ1v) is 10.4. The lowest BCUT2D eigenvalue weighted by atomic mass is 10.2. The van der Waals surface area contributed by atoms with Crippen LogP contribution in [-0.4, -0.2) is 40.5 Å². The summed E-state index contributed by atoms with van der Waals surface area (Å²) in [5.41, 5.74) is 3.07. The van der Waals surface area contributed by atoms with Gasteiger partial charge >= 0.3 is 5.97 Å². The molecule has 2 amide bonds. The fourth-order valence-electron chi connectivity index (χ4n) is 3.41. The number of anilines is 1. The molecule has 3 aromatic carbocycles. The molecule has 0 saturated carbocycles. The first-order valence-electron chi connectivity index (χ1n) is 10.4. The number of nitrogens with zero attached hydrogens (tertiary/aromatic N) is 2. The third-order valence-corrected chi connectivity index (χ3v) is 4.98. The minimum Gasteiger partial charge on any atom is -0.452 e. The Labute approximate surface area is 194 Å². The number of imidazole rings is 1. The molecular formula is C25H21FN4O4. The number of aromatic nitrogens is 2. The molecule has 0 bridgehead atoms. The zero-order valence-corrected chi connectivity index (χ0v) is 18.2. The average molecular weight is 460 g/mol. The molecule has 1 heterocycles. The van der Waals surface area contributed by atoms with Crippen molar-refractivity contribution in [3.8, 4) is 5.69 Å². The second-order valence-electron chi connectivity index (χ2n) is 7.44. The Balaban J connectivity index is 1.32. The SMILES string of the molecule is Cc1nc2cc(C(=O)OCC(=O)NCC(=O)Nc3ccc(F)cc3)ccc2n1-c1ccccc1. The molecule has 4 aromatic rings. The standard InChI is InChI=1S/C25H21FN4O4/c1-16-28-21-13-17(7-12-22(21)30(16)20-5-3-2-4-6-20)25(33)34-15-24(32)27-14-23(31)29-19-10-8-18(26)9-11-19/h2-13H,14-15H2,1H3,(H,27,32)(H,29,31). The number of hydrogen-bond acceptors (Lipinski definition) is 5. The number of aryl methyl sites for hydroxylation is 1. The number of ether oxygens (including phenoxy) is 1. The first-order chi connectivity index (χ1) is 16.4. The summed E-state index contributed by atoms with van der Waals surface area (Å²) in [6.07, 6.45) is 0. The van der Waals surface area contributed by atoms with Crippen molar-refractivity contribution in [1.82, 2.24) is 14.9 Å². The molecule has 0 aliphatic heterocycles. The number of carbonyl (C=O) groups excluding carboxylic acids is 3. The molecule has 34 heavy (non-hydrogen) atoms. The van der Waals surface area contributed by atoms with Crippen LogP contribution in [0.4, 0.5) is 10.1 Å². The Morgan fingerprint density at radius 1 is 0.971 bits per heavy atom. The maximum Gasteiger partial charge on any atom is 0.338 e. The van der Waals surface area contributed by atoms with Crippen molar-refractivity contribution in [3.63, 3.8) is 0 Å². The van der Waals surface area contributed by atoms with Gasteiger partial charge < -0.3 is 15.4 Å². The van der Waals surface area contributed by atoms with Crippen LogP contribution < -0.4 is 10.6 Å². The second-order valence-corrected chi connectivity index (χ2v) is 7.44. The van der Waals surface area contributed by atoms with E-state index in [4.69, 9.17) is 4.74 Å². The fraction of sp³-hybridized carbons (Fsp3) is 0.120. The lowest BCUT2D eigenvalue weighted by Crippen LogP contribution is -2.35. The molecular weight excluding hydrogens is 439 g/mol. The van der Waals surface area contributed by atoms with Crippen molar-refractivity contribution < 1.29 is 23.5 Å². The van der Waals surface area contributed by atoms with Crippen molar-refractivity contribution in [2.45, 2.75) is 6.92 Å². The number of rotatable bonds is 7. The Kier molecular flexibility index (Phi) is 6.63. The molecule has 1 aromatic heterocycles. The van der Waals surface area contributed by atoms with E-state index < -0.39 is 30.2 Å². The molecule has 0 spiro atoms. The minimum absolute atomic E-state index is 0.257. The van der Waals surface area contributed by atoms with E-state index in [1.165, 1.54) is 24.3 Å². The summed E-state index contributed by atoms with van der Waals surface area (Å²) in [5, 5.41) is 4.88. The predicted molar refractivity (Wildman–Crippen MR) is 124 cm³/mol. The predicted octanol–water partition coefficient (Wildman–Crippen LogP) is 3.38. The van der Waals surface area contributed by atoms with Crippen molar-refractivity contribution in [1.29, 1.82) is 0 Å². The van der Waals surface area contributed by atoms with Crippen LogP contribution in [-0.2, 0) is 14.3 Å². The Morgan fingerprint density at radius 3 is 2.44 bits per heavy atom. The number of para-hydroxylation sites is 1. The van der Waals surface area contributed by atoms with E-state index in [0.29, 0.717) is 11.2 Å². The summed E-state index contributed by atoms with van der Waals surface area (Å²) in [4.78, 5) is 40.8. The zero-order valence-electron chi connectivity index (χ0n) is 18.2. The van der Waals surface area contributed by atoms with Gasteiger partial charge in [-0.1, -0.05) is 18.2 Å².